The number of rotatable bonds is 15. The SMILES string of the molecule is CCCc1c(N)c(S(=O)(=O)O)cc2cc(S(=O)(=O)O)c(N)c(N)c12.Nc1ccc(SCCOS(=O)(=O)O)cc1.Nc1ccc(SCCOS(=O)(=O)O)cc1S(=O)(=O)O. The maximum absolute atomic E-state index is 11.5. The van der Waals surface area contributed by atoms with Crippen LogP contribution in [0.5, 0.6) is 0 Å². The Balaban J connectivity index is 0.000000309. The van der Waals surface area contributed by atoms with Crippen molar-refractivity contribution in [1.29, 1.82) is 0 Å². The zero-order valence-corrected chi connectivity index (χ0v) is 35.5. The molecular weight excluding hydrogens is 915 g/mol. The Morgan fingerprint density at radius 3 is 1.41 bits per heavy atom. The highest BCUT2D eigenvalue weighted by atomic mass is 32.3. The van der Waals surface area contributed by atoms with Crippen LogP contribution in [-0.2, 0) is 65.9 Å². The number of thioether (sulfide) groups is 2. The number of hydrogen-bond acceptors (Lipinski definition) is 19. The van der Waals surface area contributed by atoms with Crippen LogP contribution in [0.4, 0.5) is 28.4 Å². The molecule has 0 saturated carbocycles. The highest BCUT2D eigenvalue weighted by Crippen LogP contribution is 2.40. The van der Waals surface area contributed by atoms with E-state index in [0.29, 0.717) is 34.7 Å². The van der Waals surface area contributed by atoms with Crippen molar-refractivity contribution in [3.8, 4) is 0 Å². The highest BCUT2D eigenvalue weighted by molar-refractivity contribution is 7.99. The maximum atomic E-state index is 11.5. The first-order valence-electron chi connectivity index (χ1n) is 15.6. The Bertz CT molecular complexity index is 2660. The largest absolute Gasteiger partial charge is 0.399 e. The summed E-state index contributed by atoms with van der Waals surface area (Å²) in [5.74, 6) is 0.582. The fourth-order valence-corrected chi connectivity index (χ4v) is 8.95. The van der Waals surface area contributed by atoms with E-state index in [1.807, 2.05) is 19.1 Å². The van der Waals surface area contributed by atoms with Gasteiger partial charge in [-0.1, -0.05) is 13.3 Å². The van der Waals surface area contributed by atoms with Gasteiger partial charge >= 0.3 is 20.8 Å². The van der Waals surface area contributed by atoms with E-state index in [1.54, 1.807) is 12.1 Å². The van der Waals surface area contributed by atoms with Gasteiger partial charge in [-0.25, -0.2) is 8.37 Å². The van der Waals surface area contributed by atoms with Crippen molar-refractivity contribution in [2.45, 2.75) is 44.2 Å². The molecule has 0 heterocycles. The lowest BCUT2D eigenvalue weighted by Gasteiger charge is -2.17. The molecule has 22 nitrogen and oxygen atoms in total. The number of aryl methyl sites for hydroxylation is 1. The van der Waals surface area contributed by atoms with E-state index >= 15 is 0 Å². The van der Waals surface area contributed by atoms with E-state index in [2.05, 4.69) is 8.37 Å². The quantitative estimate of drug-likeness (QED) is 0.0354. The highest BCUT2D eigenvalue weighted by Gasteiger charge is 2.25. The number of nitrogen functional groups attached to an aromatic ring is 5. The molecule has 0 spiro atoms. The predicted molar refractivity (Wildman–Crippen MR) is 219 cm³/mol. The molecule has 58 heavy (non-hydrogen) atoms. The lowest BCUT2D eigenvalue weighted by Crippen LogP contribution is -2.11. The number of nitrogens with two attached hydrogens (primary N) is 5. The van der Waals surface area contributed by atoms with Gasteiger partial charge in [0.15, 0.2) is 0 Å². The zero-order chi connectivity index (χ0) is 44.4. The first-order chi connectivity index (χ1) is 26.5. The second-order valence-electron chi connectivity index (χ2n) is 11.2. The third-order valence-corrected chi connectivity index (χ3v) is 12.5. The summed E-state index contributed by atoms with van der Waals surface area (Å²) in [6.45, 7) is 1.47. The molecule has 0 unspecified atom stereocenters. The summed E-state index contributed by atoms with van der Waals surface area (Å²) in [7, 11) is -22.5. The predicted octanol–water partition coefficient (Wildman–Crippen LogP) is 2.64. The van der Waals surface area contributed by atoms with Crippen molar-refractivity contribution >= 4 is 114 Å². The number of fused-ring (bicyclic) bond motifs is 1. The topological polar surface area (TPSA) is 420 Å². The molecule has 0 bridgehead atoms. The van der Waals surface area contributed by atoms with E-state index in [0.717, 1.165) is 34.9 Å². The van der Waals surface area contributed by atoms with Crippen molar-refractivity contribution in [1.82, 2.24) is 0 Å². The molecule has 324 valence electrons. The van der Waals surface area contributed by atoms with Crippen LogP contribution in [0.15, 0.2) is 79.1 Å². The Morgan fingerprint density at radius 2 is 0.983 bits per heavy atom. The van der Waals surface area contributed by atoms with Gasteiger partial charge in [0.25, 0.3) is 30.4 Å². The molecule has 0 atom stereocenters. The fourth-order valence-electron chi connectivity index (χ4n) is 4.59. The Hall–Kier alpha value is -3.69. The van der Waals surface area contributed by atoms with Gasteiger partial charge in [-0.05, 0) is 72.0 Å². The van der Waals surface area contributed by atoms with E-state index < -0.39 is 65.8 Å². The molecule has 0 radical (unpaired) electrons. The summed E-state index contributed by atoms with van der Waals surface area (Å²) >= 11 is 2.48. The van der Waals surface area contributed by atoms with E-state index in [-0.39, 0.29) is 52.5 Å². The molecule has 0 aromatic heterocycles. The van der Waals surface area contributed by atoms with Gasteiger partial charge < -0.3 is 28.7 Å². The second kappa shape index (κ2) is 20.5. The average Bonchev–Trinajstić information content (AvgIpc) is 3.07. The normalized spacial score (nSPS) is 12.3. The molecule has 0 saturated heterocycles. The van der Waals surface area contributed by atoms with Crippen molar-refractivity contribution in [2.24, 2.45) is 0 Å². The second-order valence-corrected chi connectivity index (χ2v) is 19.9. The average molecular weight is 954 g/mol. The summed E-state index contributed by atoms with van der Waals surface area (Å²) in [6, 6.07) is 13.1. The van der Waals surface area contributed by atoms with Crippen LogP contribution in [0, 0.1) is 0 Å². The molecule has 4 aromatic rings. The molecule has 0 aliphatic heterocycles. The molecule has 29 heteroatoms. The molecule has 4 aromatic carbocycles. The van der Waals surface area contributed by atoms with Crippen LogP contribution in [0.3, 0.4) is 0 Å². The fraction of sp³-hybridized carbons (Fsp3) is 0.241. The summed E-state index contributed by atoms with van der Waals surface area (Å²) in [5.41, 5.74) is 28.6. The van der Waals surface area contributed by atoms with Crippen LogP contribution >= 0.6 is 23.5 Å². The minimum absolute atomic E-state index is 0.0616. The summed E-state index contributed by atoms with van der Waals surface area (Å²) in [6.07, 6.45) is 0.897. The van der Waals surface area contributed by atoms with Crippen LogP contribution in [0.2, 0.25) is 0 Å². The molecular formula is C29H39N5O17S7. The van der Waals surface area contributed by atoms with Gasteiger partial charge in [0, 0.05) is 32.4 Å². The smallest absolute Gasteiger partial charge is 0.397 e. The lowest BCUT2D eigenvalue weighted by atomic mass is 9.97. The number of benzene rings is 4. The summed E-state index contributed by atoms with van der Waals surface area (Å²) in [5, 5.41) is 0.353. The van der Waals surface area contributed by atoms with Gasteiger partial charge in [-0.2, -0.15) is 42.1 Å². The summed E-state index contributed by atoms with van der Waals surface area (Å²) in [4.78, 5) is -0.234. The van der Waals surface area contributed by atoms with E-state index in [4.69, 9.17) is 42.3 Å². The molecule has 0 fully saturated rings. The van der Waals surface area contributed by atoms with Gasteiger partial charge in [-0.15, -0.1) is 23.5 Å². The van der Waals surface area contributed by atoms with Crippen molar-refractivity contribution in [3.63, 3.8) is 0 Å². The number of anilines is 5. The Labute approximate surface area is 343 Å². The Morgan fingerprint density at radius 1 is 0.552 bits per heavy atom. The van der Waals surface area contributed by atoms with Crippen molar-refractivity contribution < 1.29 is 73.2 Å². The molecule has 0 amide bonds. The minimum Gasteiger partial charge on any atom is -0.399 e. The summed E-state index contributed by atoms with van der Waals surface area (Å²) < 4.78 is 161. The minimum atomic E-state index is -4.68. The van der Waals surface area contributed by atoms with Crippen molar-refractivity contribution in [3.05, 3.63) is 60.2 Å². The van der Waals surface area contributed by atoms with Gasteiger partial charge in [0.2, 0.25) is 0 Å². The lowest BCUT2D eigenvalue weighted by molar-refractivity contribution is 0.283. The molecule has 0 aliphatic carbocycles. The maximum Gasteiger partial charge on any atom is 0.397 e. The van der Waals surface area contributed by atoms with Gasteiger partial charge in [0.05, 0.1) is 36.0 Å². The number of hydrogen-bond donors (Lipinski definition) is 10. The van der Waals surface area contributed by atoms with E-state index in [1.165, 1.54) is 23.9 Å². The Kier molecular flexibility index (Phi) is 17.9. The van der Waals surface area contributed by atoms with Crippen LogP contribution in [0.1, 0.15) is 18.9 Å². The first-order valence-corrected chi connectivity index (χ1v) is 24.6. The van der Waals surface area contributed by atoms with Crippen LogP contribution in [-0.4, -0.2) is 89.6 Å². The zero-order valence-electron chi connectivity index (χ0n) is 29.8. The van der Waals surface area contributed by atoms with Gasteiger partial charge in [-0.3, -0.25) is 22.8 Å². The molecule has 0 aliphatic rings. The molecule has 4 rings (SSSR count). The first kappa shape index (κ1) is 50.5. The third-order valence-electron chi connectivity index (χ3n) is 6.95. The third kappa shape index (κ3) is 16.2. The van der Waals surface area contributed by atoms with Crippen LogP contribution < -0.4 is 28.7 Å². The van der Waals surface area contributed by atoms with E-state index in [9.17, 15) is 51.2 Å². The van der Waals surface area contributed by atoms with Gasteiger partial charge in [0.1, 0.15) is 14.7 Å². The van der Waals surface area contributed by atoms with Crippen LogP contribution in [0.25, 0.3) is 10.8 Å². The monoisotopic (exact) mass is 953 g/mol. The standard InChI is InChI=1S/C13H17N3O6S2.C8H11NO7S3.C8H11NO4S2/c1-2-3-7-10-6(4-8(11(7)14)23(17,18)19)5-9(24(20,21)22)12(15)13(10)16;9-7-2-1-6(5-8(7)18(10,11)12)17-4-3-16-19(13,14)15;9-7-1-3-8(4-2-7)14-6-5-13-15(10,11)12/h4-5H,2-3,14-16H2,1H3,(H,17,18,19)(H,20,21,22);1-2,5H,3-4,9H2,(H,10,11,12)(H,13,14,15);1-4H,5-6,9H2,(H,10,11,12). The van der Waals surface area contributed by atoms with Crippen molar-refractivity contribution in [2.75, 3.05) is 53.4 Å². The molecule has 15 N–H and O–H groups in total.